The summed E-state index contributed by atoms with van der Waals surface area (Å²) in [6.45, 7) is 4.45. The van der Waals surface area contributed by atoms with E-state index in [2.05, 4.69) is 22.9 Å². The SMILES string of the molecule is CCCNCc1cccn1Cc1ccc(Cl)cc1F. The molecule has 0 bridgehead atoms. The molecule has 4 heteroatoms. The molecule has 0 atom stereocenters. The first-order valence-corrected chi connectivity index (χ1v) is 6.87. The molecular weight excluding hydrogens is 263 g/mol. The number of rotatable bonds is 6. The van der Waals surface area contributed by atoms with E-state index in [0.29, 0.717) is 17.1 Å². The monoisotopic (exact) mass is 280 g/mol. The minimum Gasteiger partial charge on any atom is -0.346 e. The van der Waals surface area contributed by atoms with Gasteiger partial charge in [0.2, 0.25) is 0 Å². The molecule has 2 rings (SSSR count). The Labute approximate surface area is 118 Å². The fourth-order valence-corrected chi connectivity index (χ4v) is 2.15. The van der Waals surface area contributed by atoms with Crippen LogP contribution in [0.15, 0.2) is 36.5 Å². The Kier molecular flexibility index (Phi) is 5.00. The molecule has 19 heavy (non-hydrogen) atoms. The number of aromatic nitrogens is 1. The summed E-state index contributed by atoms with van der Waals surface area (Å²) >= 11 is 5.76. The quantitative estimate of drug-likeness (QED) is 0.796. The Hall–Kier alpha value is -1.32. The molecule has 0 fully saturated rings. The van der Waals surface area contributed by atoms with Gasteiger partial charge in [0.05, 0.1) is 6.54 Å². The van der Waals surface area contributed by atoms with E-state index in [1.807, 2.05) is 12.3 Å². The summed E-state index contributed by atoms with van der Waals surface area (Å²) in [5.74, 6) is -0.256. The third kappa shape index (κ3) is 3.82. The van der Waals surface area contributed by atoms with E-state index in [4.69, 9.17) is 11.6 Å². The van der Waals surface area contributed by atoms with Crippen molar-refractivity contribution < 1.29 is 4.39 Å². The molecule has 2 aromatic rings. The van der Waals surface area contributed by atoms with Crippen LogP contribution in [0.1, 0.15) is 24.6 Å². The van der Waals surface area contributed by atoms with Crippen molar-refractivity contribution in [3.63, 3.8) is 0 Å². The van der Waals surface area contributed by atoms with Crippen molar-refractivity contribution in [3.8, 4) is 0 Å². The maximum absolute atomic E-state index is 13.8. The molecule has 102 valence electrons. The zero-order valence-corrected chi connectivity index (χ0v) is 11.8. The van der Waals surface area contributed by atoms with Crippen LogP contribution in [0.2, 0.25) is 5.02 Å². The second-order valence-electron chi connectivity index (χ2n) is 4.54. The number of nitrogens with one attached hydrogen (secondary N) is 1. The van der Waals surface area contributed by atoms with E-state index in [0.717, 1.165) is 25.2 Å². The van der Waals surface area contributed by atoms with Crippen LogP contribution < -0.4 is 5.32 Å². The average Bonchev–Trinajstić information content (AvgIpc) is 2.81. The molecule has 0 aliphatic heterocycles. The van der Waals surface area contributed by atoms with Crippen molar-refractivity contribution in [1.82, 2.24) is 9.88 Å². The van der Waals surface area contributed by atoms with Crippen LogP contribution >= 0.6 is 11.6 Å². The Bertz CT molecular complexity index is 537. The van der Waals surface area contributed by atoms with Crippen molar-refractivity contribution >= 4 is 11.6 Å². The van der Waals surface area contributed by atoms with Gasteiger partial charge < -0.3 is 9.88 Å². The molecule has 1 heterocycles. The Morgan fingerprint density at radius 2 is 2.16 bits per heavy atom. The first-order chi connectivity index (χ1) is 9.20. The van der Waals surface area contributed by atoms with Crippen molar-refractivity contribution in [2.24, 2.45) is 0 Å². The van der Waals surface area contributed by atoms with E-state index in [9.17, 15) is 4.39 Å². The zero-order chi connectivity index (χ0) is 13.7. The first-order valence-electron chi connectivity index (χ1n) is 6.49. The molecule has 0 saturated carbocycles. The molecule has 0 radical (unpaired) electrons. The van der Waals surface area contributed by atoms with E-state index < -0.39 is 0 Å². The van der Waals surface area contributed by atoms with E-state index in [1.165, 1.54) is 6.07 Å². The van der Waals surface area contributed by atoms with Gasteiger partial charge in [-0.2, -0.15) is 0 Å². The van der Waals surface area contributed by atoms with Gasteiger partial charge in [-0.1, -0.05) is 24.6 Å². The van der Waals surface area contributed by atoms with Gasteiger partial charge in [0.1, 0.15) is 5.82 Å². The lowest BCUT2D eigenvalue weighted by atomic mass is 10.2. The summed E-state index contributed by atoms with van der Waals surface area (Å²) < 4.78 is 15.8. The molecule has 0 amide bonds. The Morgan fingerprint density at radius 1 is 1.32 bits per heavy atom. The normalized spacial score (nSPS) is 10.9. The van der Waals surface area contributed by atoms with Crippen molar-refractivity contribution in [1.29, 1.82) is 0 Å². The maximum atomic E-state index is 13.8. The van der Waals surface area contributed by atoms with Gasteiger partial charge in [0.25, 0.3) is 0 Å². The van der Waals surface area contributed by atoms with Crippen LogP contribution in [-0.4, -0.2) is 11.1 Å². The third-order valence-corrected chi connectivity index (χ3v) is 3.25. The highest BCUT2D eigenvalue weighted by atomic mass is 35.5. The summed E-state index contributed by atoms with van der Waals surface area (Å²) in [6.07, 6.45) is 3.07. The number of nitrogens with zero attached hydrogens (tertiary/aromatic N) is 1. The lowest BCUT2D eigenvalue weighted by Crippen LogP contribution is -2.17. The lowest BCUT2D eigenvalue weighted by molar-refractivity contribution is 0.587. The maximum Gasteiger partial charge on any atom is 0.129 e. The lowest BCUT2D eigenvalue weighted by Gasteiger charge is -2.11. The van der Waals surface area contributed by atoms with Gasteiger partial charge in [-0.05, 0) is 37.2 Å². The second kappa shape index (κ2) is 6.73. The van der Waals surface area contributed by atoms with E-state index in [1.54, 1.807) is 12.1 Å². The summed E-state index contributed by atoms with van der Waals surface area (Å²) in [5, 5.41) is 3.78. The molecule has 1 aromatic carbocycles. The molecule has 0 aliphatic rings. The summed E-state index contributed by atoms with van der Waals surface area (Å²) in [6, 6.07) is 8.85. The fourth-order valence-electron chi connectivity index (χ4n) is 1.99. The molecule has 0 spiro atoms. The first kappa shape index (κ1) is 14.1. The van der Waals surface area contributed by atoms with Crippen LogP contribution in [-0.2, 0) is 13.1 Å². The molecular formula is C15H18ClFN2. The molecule has 2 nitrogen and oxygen atoms in total. The smallest absolute Gasteiger partial charge is 0.129 e. The molecule has 0 aliphatic carbocycles. The van der Waals surface area contributed by atoms with Crippen molar-refractivity contribution in [2.75, 3.05) is 6.54 Å². The molecule has 1 N–H and O–H groups in total. The van der Waals surface area contributed by atoms with Crippen LogP contribution in [0.25, 0.3) is 0 Å². The number of halogens is 2. The highest BCUT2D eigenvalue weighted by Crippen LogP contribution is 2.16. The summed E-state index contributed by atoms with van der Waals surface area (Å²) in [7, 11) is 0. The van der Waals surface area contributed by atoms with Crippen LogP contribution in [0.3, 0.4) is 0 Å². The molecule has 0 unspecified atom stereocenters. The van der Waals surface area contributed by atoms with Gasteiger partial charge >= 0.3 is 0 Å². The van der Waals surface area contributed by atoms with Crippen LogP contribution in [0.5, 0.6) is 0 Å². The highest BCUT2D eigenvalue weighted by Gasteiger charge is 2.06. The Morgan fingerprint density at radius 3 is 2.89 bits per heavy atom. The van der Waals surface area contributed by atoms with Crippen LogP contribution in [0, 0.1) is 5.82 Å². The van der Waals surface area contributed by atoms with Gasteiger partial charge in [-0.15, -0.1) is 0 Å². The summed E-state index contributed by atoms with van der Waals surface area (Å²) in [4.78, 5) is 0. The van der Waals surface area contributed by atoms with Gasteiger partial charge in [-0.25, -0.2) is 4.39 Å². The number of benzene rings is 1. The largest absolute Gasteiger partial charge is 0.346 e. The van der Waals surface area contributed by atoms with E-state index >= 15 is 0 Å². The van der Waals surface area contributed by atoms with Crippen molar-refractivity contribution in [2.45, 2.75) is 26.4 Å². The number of hydrogen-bond donors (Lipinski definition) is 1. The van der Waals surface area contributed by atoms with E-state index in [-0.39, 0.29) is 5.82 Å². The average molecular weight is 281 g/mol. The van der Waals surface area contributed by atoms with Gasteiger partial charge in [-0.3, -0.25) is 0 Å². The topological polar surface area (TPSA) is 17.0 Å². The highest BCUT2D eigenvalue weighted by molar-refractivity contribution is 6.30. The van der Waals surface area contributed by atoms with Crippen LogP contribution in [0.4, 0.5) is 4.39 Å². The Balaban J connectivity index is 2.08. The second-order valence-corrected chi connectivity index (χ2v) is 4.98. The van der Waals surface area contributed by atoms with Crippen molar-refractivity contribution in [3.05, 3.63) is 58.6 Å². The standard InChI is InChI=1S/C15H18ClFN2/c1-2-7-18-10-14-4-3-8-19(14)11-12-5-6-13(16)9-15(12)17/h3-6,8-9,18H,2,7,10-11H2,1H3. The summed E-state index contributed by atoms with van der Waals surface area (Å²) in [5.41, 5.74) is 1.81. The molecule has 1 aromatic heterocycles. The minimum atomic E-state index is -0.256. The zero-order valence-electron chi connectivity index (χ0n) is 11.0. The molecule has 0 saturated heterocycles. The number of hydrogen-bond acceptors (Lipinski definition) is 1. The fraction of sp³-hybridized carbons (Fsp3) is 0.333. The van der Waals surface area contributed by atoms with Gasteiger partial charge in [0, 0.05) is 29.0 Å². The third-order valence-electron chi connectivity index (χ3n) is 3.01. The van der Waals surface area contributed by atoms with Gasteiger partial charge in [0.15, 0.2) is 0 Å². The predicted octanol–water partition coefficient (Wildman–Crippen LogP) is 3.83. The minimum absolute atomic E-state index is 0.256. The predicted molar refractivity (Wildman–Crippen MR) is 76.9 cm³/mol.